The highest BCUT2D eigenvalue weighted by molar-refractivity contribution is 7.88. The molecule has 2 aromatic rings. The normalized spacial score (nSPS) is 12.4. The SMILES string of the molecule is CN(C)S(=O)(=O)c1nc2nc[nH]c2c(=O)[nH]1. The average Bonchev–Trinajstić information content (AvgIpc) is 2.65. The number of imidazole rings is 1. The zero-order valence-electron chi connectivity index (χ0n) is 8.55. The van der Waals surface area contributed by atoms with Gasteiger partial charge in [-0.25, -0.2) is 17.7 Å². The van der Waals surface area contributed by atoms with Crippen LogP contribution >= 0.6 is 0 Å². The second-order valence-electron chi connectivity index (χ2n) is 3.26. The van der Waals surface area contributed by atoms with Gasteiger partial charge in [0.05, 0.1) is 6.33 Å². The van der Waals surface area contributed by atoms with Gasteiger partial charge in [0.2, 0.25) is 5.16 Å². The molecule has 0 radical (unpaired) electrons. The summed E-state index contributed by atoms with van der Waals surface area (Å²) in [6.45, 7) is 0. The van der Waals surface area contributed by atoms with Crippen molar-refractivity contribution < 1.29 is 8.42 Å². The van der Waals surface area contributed by atoms with Gasteiger partial charge in [0, 0.05) is 14.1 Å². The smallest absolute Gasteiger partial charge is 0.277 e. The van der Waals surface area contributed by atoms with Crippen LogP contribution in [0.3, 0.4) is 0 Å². The summed E-state index contributed by atoms with van der Waals surface area (Å²) in [5.41, 5.74) is -0.343. The van der Waals surface area contributed by atoms with Crippen molar-refractivity contribution in [1.82, 2.24) is 24.2 Å². The Hall–Kier alpha value is -1.74. The number of rotatable bonds is 2. The van der Waals surface area contributed by atoms with E-state index in [1.54, 1.807) is 0 Å². The fourth-order valence-corrected chi connectivity index (χ4v) is 1.89. The molecular formula is C7H9N5O3S. The highest BCUT2D eigenvalue weighted by Gasteiger charge is 2.21. The second-order valence-corrected chi connectivity index (χ2v) is 5.33. The quantitative estimate of drug-likeness (QED) is 0.650. The Balaban J connectivity index is 2.77. The van der Waals surface area contributed by atoms with Crippen LogP contribution in [-0.2, 0) is 10.0 Å². The molecule has 0 aliphatic heterocycles. The van der Waals surface area contributed by atoms with Crippen LogP contribution in [0.25, 0.3) is 11.2 Å². The fraction of sp³-hybridized carbons (Fsp3) is 0.286. The molecule has 2 aromatic heterocycles. The minimum Gasteiger partial charge on any atom is -0.339 e. The third-order valence-corrected chi connectivity index (χ3v) is 3.64. The van der Waals surface area contributed by atoms with E-state index in [9.17, 15) is 13.2 Å². The number of aromatic nitrogens is 4. The molecule has 0 unspecified atom stereocenters. The van der Waals surface area contributed by atoms with E-state index < -0.39 is 20.7 Å². The van der Waals surface area contributed by atoms with E-state index in [-0.39, 0.29) is 11.2 Å². The van der Waals surface area contributed by atoms with Gasteiger partial charge in [-0.1, -0.05) is 0 Å². The number of H-pyrrole nitrogens is 2. The van der Waals surface area contributed by atoms with Gasteiger partial charge in [-0.15, -0.1) is 0 Å². The zero-order chi connectivity index (χ0) is 11.9. The molecule has 0 aliphatic carbocycles. The van der Waals surface area contributed by atoms with Gasteiger partial charge in [0.1, 0.15) is 0 Å². The van der Waals surface area contributed by atoms with E-state index in [0.717, 1.165) is 4.31 Å². The van der Waals surface area contributed by atoms with Crippen LogP contribution in [0.1, 0.15) is 0 Å². The van der Waals surface area contributed by atoms with Gasteiger partial charge >= 0.3 is 0 Å². The summed E-state index contributed by atoms with van der Waals surface area (Å²) >= 11 is 0. The molecule has 0 saturated carbocycles. The molecule has 2 N–H and O–H groups in total. The van der Waals surface area contributed by atoms with Crippen molar-refractivity contribution in [1.29, 1.82) is 0 Å². The van der Waals surface area contributed by atoms with Crippen molar-refractivity contribution in [3.63, 3.8) is 0 Å². The Morgan fingerprint density at radius 3 is 2.69 bits per heavy atom. The molecule has 16 heavy (non-hydrogen) atoms. The van der Waals surface area contributed by atoms with Crippen LogP contribution in [-0.4, -0.2) is 46.8 Å². The van der Waals surface area contributed by atoms with Crippen LogP contribution in [0.15, 0.2) is 16.3 Å². The van der Waals surface area contributed by atoms with Crippen LogP contribution in [0.4, 0.5) is 0 Å². The van der Waals surface area contributed by atoms with Crippen molar-refractivity contribution in [2.24, 2.45) is 0 Å². The van der Waals surface area contributed by atoms with E-state index in [4.69, 9.17) is 0 Å². The van der Waals surface area contributed by atoms with Crippen molar-refractivity contribution in [3.05, 3.63) is 16.7 Å². The molecule has 0 amide bonds. The van der Waals surface area contributed by atoms with Crippen molar-refractivity contribution in [3.8, 4) is 0 Å². The number of aromatic amines is 2. The van der Waals surface area contributed by atoms with Gasteiger partial charge in [-0.2, -0.15) is 4.98 Å². The number of hydrogen-bond donors (Lipinski definition) is 2. The first-order chi connectivity index (χ1) is 7.43. The van der Waals surface area contributed by atoms with Crippen molar-refractivity contribution in [2.75, 3.05) is 14.1 Å². The molecule has 0 fully saturated rings. The minimum atomic E-state index is -3.76. The third kappa shape index (κ3) is 1.49. The van der Waals surface area contributed by atoms with E-state index in [1.165, 1.54) is 20.4 Å². The summed E-state index contributed by atoms with van der Waals surface area (Å²) in [5.74, 6) is 0. The molecule has 0 saturated heterocycles. The summed E-state index contributed by atoms with van der Waals surface area (Å²) < 4.78 is 24.4. The van der Waals surface area contributed by atoms with Gasteiger partial charge in [-0.05, 0) is 0 Å². The summed E-state index contributed by atoms with van der Waals surface area (Å²) in [4.78, 5) is 23.7. The Bertz CT molecular complexity index is 683. The molecule has 86 valence electrons. The number of fused-ring (bicyclic) bond motifs is 1. The Morgan fingerprint density at radius 1 is 1.38 bits per heavy atom. The summed E-state index contributed by atoms with van der Waals surface area (Å²) in [5, 5.41) is -0.415. The number of sulfonamides is 1. The van der Waals surface area contributed by atoms with Gasteiger partial charge in [-0.3, -0.25) is 9.78 Å². The monoisotopic (exact) mass is 243 g/mol. The molecule has 0 bridgehead atoms. The maximum absolute atomic E-state index is 11.7. The zero-order valence-corrected chi connectivity index (χ0v) is 9.37. The molecule has 0 aromatic carbocycles. The standard InChI is InChI=1S/C7H9N5O3S/c1-12(2)16(14,15)7-10-5-4(6(13)11-7)8-3-9-5/h3H,1-2H3,(H2,8,9,10,11,13). The Morgan fingerprint density at radius 2 is 2.06 bits per heavy atom. The van der Waals surface area contributed by atoms with Crippen LogP contribution in [0.2, 0.25) is 0 Å². The molecule has 0 aliphatic rings. The number of nitrogens with one attached hydrogen (secondary N) is 2. The van der Waals surface area contributed by atoms with Crippen molar-refractivity contribution in [2.45, 2.75) is 5.16 Å². The van der Waals surface area contributed by atoms with Crippen molar-refractivity contribution >= 4 is 21.2 Å². The Kier molecular flexibility index (Phi) is 2.28. The van der Waals surface area contributed by atoms with E-state index >= 15 is 0 Å². The van der Waals surface area contributed by atoms with Crippen LogP contribution in [0.5, 0.6) is 0 Å². The summed E-state index contributed by atoms with van der Waals surface area (Å²) in [6, 6.07) is 0. The minimum absolute atomic E-state index is 0.0733. The number of hydrogen-bond acceptors (Lipinski definition) is 5. The van der Waals surface area contributed by atoms with Crippen LogP contribution in [0, 0.1) is 0 Å². The molecule has 2 rings (SSSR count). The molecular weight excluding hydrogens is 234 g/mol. The molecule has 0 spiro atoms. The number of nitrogens with zero attached hydrogens (tertiary/aromatic N) is 3. The van der Waals surface area contributed by atoms with E-state index in [2.05, 4.69) is 19.9 Å². The second kappa shape index (κ2) is 3.39. The lowest BCUT2D eigenvalue weighted by Gasteiger charge is -2.09. The predicted molar refractivity (Wildman–Crippen MR) is 55.4 cm³/mol. The third-order valence-electron chi connectivity index (χ3n) is 2.00. The average molecular weight is 243 g/mol. The van der Waals surface area contributed by atoms with Gasteiger partial charge in [0.25, 0.3) is 15.6 Å². The molecule has 0 atom stereocenters. The highest BCUT2D eigenvalue weighted by Crippen LogP contribution is 2.07. The first-order valence-electron chi connectivity index (χ1n) is 4.29. The van der Waals surface area contributed by atoms with E-state index in [0.29, 0.717) is 0 Å². The largest absolute Gasteiger partial charge is 0.339 e. The Labute approximate surface area is 90.4 Å². The summed E-state index contributed by atoms with van der Waals surface area (Å²) in [6.07, 6.45) is 1.28. The predicted octanol–water partition coefficient (Wildman–Crippen LogP) is -1.10. The lowest BCUT2D eigenvalue weighted by atomic mass is 10.6. The van der Waals surface area contributed by atoms with Crippen LogP contribution < -0.4 is 5.56 Å². The fourth-order valence-electron chi connectivity index (χ4n) is 1.12. The first-order valence-corrected chi connectivity index (χ1v) is 5.73. The summed E-state index contributed by atoms with van der Waals surface area (Å²) in [7, 11) is -1.05. The van der Waals surface area contributed by atoms with Gasteiger partial charge in [0.15, 0.2) is 11.2 Å². The lowest BCUT2D eigenvalue weighted by molar-refractivity contribution is 0.512. The van der Waals surface area contributed by atoms with E-state index in [1.807, 2.05) is 0 Å². The highest BCUT2D eigenvalue weighted by atomic mass is 32.2. The van der Waals surface area contributed by atoms with Gasteiger partial charge < -0.3 is 4.98 Å². The first kappa shape index (κ1) is 10.8. The molecule has 2 heterocycles. The maximum atomic E-state index is 11.7. The topological polar surface area (TPSA) is 112 Å². The maximum Gasteiger partial charge on any atom is 0.277 e. The molecule has 9 heteroatoms. The lowest BCUT2D eigenvalue weighted by Crippen LogP contribution is -2.26. The molecule has 8 nitrogen and oxygen atoms in total.